The summed E-state index contributed by atoms with van der Waals surface area (Å²) in [6, 6.07) is 28.7. The van der Waals surface area contributed by atoms with Crippen molar-refractivity contribution in [1.29, 1.82) is 0 Å². The van der Waals surface area contributed by atoms with E-state index >= 15 is 0 Å². The Morgan fingerprint density at radius 1 is 0.829 bits per heavy atom. The van der Waals surface area contributed by atoms with Crippen molar-refractivity contribution in [2.45, 2.75) is 13.3 Å². The van der Waals surface area contributed by atoms with Crippen LogP contribution in [0.1, 0.15) is 23.7 Å². The largest absolute Gasteiger partial charge is 0.423 e. The smallest absolute Gasteiger partial charge is 0.311 e. The summed E-state index contributed by atoms with van der Waals surface area (Å²) in [6.07, 6.45) is 1.62. The summed E-state index contributed by atoms with van der Waals surface area (Å²) in [4.78, 5) is 39.1. The molecule has 6 nitrogen and oxygen atoms in total. The summed E-state index contributed by atoms with van der Waals surface area (Å²) in [5.41, 5.74) is 2.99. The Bertz CT molecular complexity index is 1780. The molecule has 0 unspecified atom stereocenters. The van der Waals surface area contributed by atoms with Gasteiger partial charge in [-0.1, -0.05) is 79.2 Å². The van der Waals surface area contributed by atoms with Gasteiger partial charge in [-0.05, 0) is 59.2 Å². The third kappa shape index (κ3) is 6.10. The van der Waals surface area contributed by atoms with E-state index in [0.717, 1.165) is 11.1 Å². The number of anilines is 1. The highest BCUT2D eigenvalue weighted by molar-refractivity contribution is 6.32. The molecule has 8 heteroatoms. The van der Waals surface area contributed by atoms with E-state index in [9.17, 15) is 18.8 Å². The summed E-state index contributed by atoms with van der Waals surface area (Å²) in [6.45, 7) is 1.64. The van der Waals surface area contributed by atoms with E-state index in [1.54, 1.807) is 49.4 Å². The van der Waals surface area contributed by atoms with Crippen molar-refractivity contribution in [2.75, 3.05) is 5.32 Å². The van der Waals surface area contributed by atoms with Gasteiger partial charge in [0.2, 0.25) is 0 Å². The van der Waals surface area contributed by atoms with E-state index in [0.29, 0.717) is 16.7 Å². The van der Waals surface area contributed by atoms with Gasteiger partial charge in [0.05, 0.1) is 10.7 Å². The van der Waals surface area contributed by atoms with Crippen molar-refractivity contribution in [3.63, 3.8) is 0 Å². The summed E-state index contributed by atoms with van der Waals surface area (Å²) < 4.78 is 20.4. The van der Waals surface area contributed by atoms with E-state index in [1.165, 1.54) is 29.0 Å². The number of rotatable bonds is 7. The number of pyridine rings is 1. The monoisotopic (exact) mass is 566 g/mol. The van der Waals surface area contributed by atoms with E-state index < -0.39 is 23.3 Å². The second-order valence-corrected chi connectivity index (χ2v) is 9.54. The molecule has 0 saturated heterocycles. The van der Waals surface area contributed by atoms with Crippen LogP contribution in [-0.2, 0) is 4.79 Å². The molecule has 1 amide bonds. The van der Waals surface area contributed by atoms with Crippen LogP contribution < -0.4 is 15.6 Å². The molecule has 0 saturated carbocycles. The lowest BCUT2D eigenvalue weighted by molar-refractivity contribution is -0.134. The van der Waals surface area contributed by atoms with Crippen LogP contribution in [0.4, 0.5) is 10.1 Å². The predicted molar refractivity (Wildman–Crippen MR) is 158 cm³/mol. The molecule has 41 heavy (non-hydrogen) atoms. The van der Waals surface area contributed by atoms with Gasteiger partial charge in [0, 0.05) is 23.7 Å². The van der Waals surface area contributed by atoms with Crippen LogP contribution in [-0.4, -0.2) is 16.4 Å². The number of nitrogens with one attached hydrogen (secondary N) is 1. The molecule has 0 aliphatic heterocycles. The quantitative estimate of drug-likeness (QED) is 0.163. The van der Waals surface area contributed by atoms with Crippen LogP contribution in [0.5, 0.6) is 5.75 Å². The van der Waals surface area contributed by atoms with Gasteiger partial charge in [0.1, 0.15) is 11.5 Å². The minimum Gasteiger partial charge on any atom is -0.423 e. The molecular formula is C33H24ClFN2O4. The Labute approximate surface area is 240 Å². The molecule has 5 rings (SSSR count). The zero-order valence-electron chi connectivity index (χ0n) is 21.9. The third-order valence-electron chi connectivity index (χ3n) is 6.41. The maximum Gasteiger partial charge on any atom is 0.311 e. The van der Waals surface area contributed by atoms with E-state index in [-0.39, 0.29) is 28.6 Å². The minimum atomic E-state index is -0.582. The zero-order chi connectivity index (χ0) is 28.9. The van der Waals surface area contributed by atoms with Gasteiger partial charge < -0.3 is 10.1 Å². The van der Waals surface area contributed by atoms with Crippen molar-refractivity contribution < 1.29 is 18.7 Å². The number of hydrogen-bond donors (Lipinski definition) is 1. The van der Waals surface area contributed by atoms with Crippen LogP contribution in [0.2, 0.25) is 5.02 Å². The first-order valence-corrected chi connectivity index (χ1v) is 13.2. The number of halogens is 2. The van der Waals surface area contributed by atoms with Gasteiger partial charge in [0.25, 0.3) is 11.5 Å². The van der Waals surface area contributed by atoms with E-state index in [2.05, 4.69) is 5.32 Å². The average Bonchev–Trinajstić information content (AvgIpc) is 3.00. The SMILES string of the molecule is CCC(=O)Oc1c(Cl)cccc1-n1cc(-c2ccc(F)cc2)cc(NC(=O)c2ccc(-c3ccccc3)cc2)c1=O. The Morgan fingerprint density at radius 2 is 1.46 bits per heavy atom. The topological polar surface area (TPSA) is 77.4 Å². The molecule has 0 atom stereocenters. The number of carbonyl (C=O) groups is 2. The summed E-state index contributed by atoms with van der Waals surface area (Å²) in [5, 5.41) is 2.85. The molecule has 0 aliphatic rings. The van der Waals surface area contributed by atoms with Crippen molar-refractivity contribution in [1.82, 2.24) is 4.57 Å². The number of ether oxygens (including phenoxy) is 1. The number of esters is 1. The lowest BCUT2D eigenvalue weighted by Crippen LogP contribution is -2.25. The molecule has 1 aromatic heterocycles. The number of hydrogen-bond acceptors (Lipinski definition) is 4. The highest BCUT2D eigenvalue weighted by atomic mass is 35.5. The second kappa shape index (κ2) is 12.0. The first kappa shape index (κ1) is 27.6. The van der Waals surface area contributed by atoms with Crippen LogP contribution in [0.25, 0.3) is 27.9 Å². The molecule has 0 radical (unpaired) electrons. The summed E-state index contributed by atoms with van der Waals surface area (Å²) in [7, 11) is 0. The fourth-order valence-corrected chi connectivity index (χ4v) is 4.47. The summed E-state index contributed by atoms with van der Waals surface area (Å²) in [5.74, 6) is -1.44. The Hall–Kier alpha value is -5.01. The van der Waals surface area contributed by atoms with E-state index in [4.69, 9.17) is 16.3 Å². The Balaban J connectivity index is 1.58. The normalized spacial score (nSPS) is 10.7. The fraction of sp³-hybridized carbons (Fsp3) is 0.0606. The number of amides is 1. The maximum atomic E-state index is 13.7. The standard InChI is InChI=1S/C33H24ClFN2O4/c1-2-30(38)41-31-27(34)9-6-10-29(31)37-20-25(23-15-17-26(35)18-16-23)19-28(33(37)40)36-32(39)24-13-11-22(12-14-24)21-7-4-3-5-8-21/h3-20H,2H2,1H3,(H,36,39). The van der Waals surface area contributed by atoms with Gasteiger partial charge in [-0.2, -0.15) is 0 Å². The average molecular weight is 567 g/mol. The van der Waals surface area contributed by atoms with Gasteiger partial charge in [-0.25, -0.2) is 4.39 Å². The lowest BCUT2D eigenvalue weighted by Gasteiger charge is -2.16. The van der Waals surface area contributed by atoms with Crippen molar-refractivity contribution >= 4 is 29.2 Å². The first-order chi connectivity index (χ1) is 19.8. The van der Waals surface area contributed by atoms with E-state index in [1.807, 2.05) is 42.5 Å². The van der Waals surface area contributed by atoms with Crippen molar-refractivity contribution in [3.8, 4) is 33.7 Å². The van der Waals surface area contributed by atoms with Crippen LogP contribution >= 0.6 is 11.6 Å². The third-order valence-corrected chi connectivity index (χ3v) is 6.71. The zero-order valence-corrected chi connectivity index (χ0v) is 22.7. The van der Waals surface area contributed by atoms with Crippen molar-refractivity contribution in [2.24, 2.45) is 0 Å². The summed E-state index contributed by atoms with van der Waals surface area (Å²) >= 11 is 6.36. The number of aromatic nitrogens is 1. The van der Waals surface area contributed by atoms with Gasteiger partial charge >= 0.3 is 5.97 Å². The van der Waals surface area contributed by atoms with Crippen LogP contribution in [0.3, 0.4) is 0 Å². The Kier molecular flexibility index (Phi) is 8.08. The van der Waals surface area contributed by atoms with Gasteiger partial charge in [0.15, 0.2) is 5.75 Å². The Morgan fingerprint density at radius 3 is 2.15 bits per heavy atom. The molecule has 1 heterocycles. The highest BCUT2D eigenvalue weighted by Gasteiger charge is 2.19. The van der Waals surface area contributed by atoms with Gasteiger partial charge in [-0.15, -0.1) is 0 Å². The molecule has 0 aliphatic carbocycles. The molecule has 0 spiro atoms. The molecule has 204 valence electrons. The molecule has 0 bridgehead atoms. The number of benzene rings is 4. The fourth-order valence-electron chi connectivity index (χ4n) is 4.26. The van der Waals surface area contributed by atoms with Crippen LogP contribution in [0.15, 0.2) is 114 Å². The van der Waals surface area contributed by atoms with Crippen LogP contribution in [0, 0.1) is 5.82 Å². The molecule has 1 N–H and O–H groups in total. The molecular weight excluding hydrogens is 543 g/mol. The molecule has 5 aromatic rings. The second-order valence-electron chi connectivity index (χ2n) is 9.14. The van der Waals surface area contributed by atoms with Gasteiger partial charge in [-0.3, -0.25) is 19.0 Å². The number of nitrogens with zero attached hydrogens (tertiary/aromatic N) is 1. The highest BCUT2D eigenvalue weighted by Crippen LogP contribution is 2.33. The number of para-hydroxylation sites is 1. The molecule has 0 fully saturated rings. The minimum absolute atomic E-state index is 0.00755. The maximum absolute atomic E-state index is 13.7. The number of carbonyl (C=O) groups excluding carboxylic acids is 2. The lowest BCUT2D eigenvalue weighted by atomic mass is 10.0. The predicted octanol–water partition coefficient (Wildman–Crippen LogP) is 7.53. The molecule has 4 aromatic carbocycles. The van der Waals surface area contributed by atoms with Crippen molar-refractivity contribution in [3.05, 3.63) is 136 Å². The first-order valence-electron chi connectivity index (χ1n) is 12.8.